The monoisotopic (exact) mass is 283 g/mol. The molecule has 0 spiro atoms. The molecule has 0 saturated carbocycles. The molecular weight excluding hydrogens is 246 g/mol. The molecule has 0 aromatic rings. The van der Waals surface area contributed by atoms with E-state index in [0.717, 1.165) is 12.5 Å². The average Bonchev–Trinajstić information content (AvgIpc) is 2.72. The Kier molecular flexibility index (Phi) is 6.96. The molecule has 0 aromatic carbocycles. The van der Waals surface area contributed by atoms with Crippen molar-refractivity contribution >= 4 is 0 Å². The average molecular weight is 284 g/mol. The molecule has 3 heteroatoms. The van der Waals surface area contributed by atoms with Crippen LogP contribution in [0.2, 0.25) is 0 Å². The van der Waals surface area contributed by atoms with Gasteiger partial charge >= 0.3 is 0 Å². The number of likely N-dealkylation sites (tertiary alicyclic amines) is 1. The fourth-order valence-electron chi connectivity index (χ4n) is 3.99. The van der Waals surface area contributed by atoms with Gasteiger partial charge in [0.25, 0.3) is 0 Å². The Morgan fingerprint density at radius 2 is 1.75 bits per heavy atom. The van der Waals surface area contributed by atoms with Crippen molar-refractivity contribution in [1.82, 2.24) is 9.80 Å². The molecule has 0 bridgehead atoms. The van der Waals surface area contributed by atoms with Gasteiger partial charge in [-0.1, -0.05) is 27.7 Å². The molecule has 1 aliphatic rings. The molecule has 1 heterocycles. The molecule has 1 aliphatic heterocycles. The van der Waals surface area contributed by atoms with Gasteiger partial charge in [-0.15, -0.1) is 0 Å². The fraction of sp³-hybridized carbons (Fsp3) is 1.00. The van der Waals surface area contributed by atoms with Crippen molar-refractivity contribution in [3.63, 3.8) is 0 Å². The maximum Gasteiger partial charge on any atom is 0.0333 e. The van der Waals surface area contributed by atoms with Gasteiger partial charge in [-0.25, -0.2) is 0 Å². The van der Waals surface area contributed by atoms with E-state index in [9.17, 15) is 0 Å². The first kappa shape index (κ1) is 17.9. The molecule has 0 aromatic heterocycles. The number of hydrogen-bond donors (Lipinski definition) is 1. The van der Waals surface area contributed by atoms with Gasteiger partial charge in [-0.2, -0.15) is 0 Å². The zero-order chi connectivity index (χ0) is 15.3. The second-order valence-electron chi connectivity index (χ2n) is 7.92. The highest BCUT2D eigenvalue weighted by atomic mass is 15.2. The van der Waals surface area contributed by atoms with Crippen molar-refractivity contribution in [3.8, 4) is 0 Å². The van der Waals surface area contributed by atoms with Crippen LogP contribution in [0, 0.1) is 17.8 Å². The maximum atomic E-state index is 6.25. The van der Waals surface area contributed by atoms with Crippen molar-refractivity contribution < 1.29 is 0 Å². The zero-order valence-corrected chi connectivity index (χ0v) is 14.7. The molecule has 0 aliphatic carbocycles. The standard InChI is InChI=1S/C17H37N3/c1-14(2)9-17(13-18,10-15(3)4)20(6)12-16-7-8-19(5)11-16/h14-16H,7-13,18H2,1-6H3. The van der Waals surface area contributed by atoms with Crippen LogP contribution in [0.25, 0.3) is 0 Å². The zero-order valence-electron chi connectivity index (χ0n) is 14.7. The summed E-state index contributed by atoms with van der Waals surface area (Å²) in [6.45, 7) is 13.8. The molecule has 120 valence electrons. The van der Waals surface area contributed by atoms with Crippen molar-refractivity contribution in [2.45, 2.75) is 52.5 Å². The highest BCUT2D eigenvalue weighted by Gasteiger charge is 2.36. The molecule has 0 radical (unpaired) electrons. The third kappa shape index (κ3) is 5.01. The molecule has 1 rings (SSSR count). The molecular formula is C17H37N3. The predicted octanol–water partition coefficient (Wildman–Crippen LogP) is 2.66. The molecule has 20 heavy (non-hydrogen) atoms. The second kappa shape index (κ2) is 7.77. The van der Waals surface area contributed by atoms with E-state index in [1.165, 1.54) is 38.9 Å². The van der Waals surface area contributed by atoms with E-state index in [1.807, 2.05) is 0 Å². The van der Waals surface area contributed by atoms with Crippen molar-refractivity contribution in [2.24, 2.45) is 23.5 Å². The van der Waals surface area contributed by atoms with Gasteiger partial charge in [-0.3, -0.25) is 4.90 Å². The van der Waals surface area contributed by atoms with E-state index in [1.54, 1.807) is 0 Å². The first-order valence-corrected chi connectivity index (χ1v) is 8.39. The number of nitrogens with two attached hydrogens (primary N) is 1. The third-order valence-corrected chi connectivity index (χ3v) is 4.79. The smallest absolute Gasteiger partial charge is 0.0333 e. The van der Waals surface area contributed by atoms with E-state index in [0.29, 0.717) is 11.8 Å². The molecule has 1 saturated heterocycles. The predicted molar refractivity (Wildman–Crippen MR) is 88.9 cm³/mol. The highest BCUT2D eigenvalue weighted by Crippen LogP contribution is 2.31. The van der Waals surface area contributed by atoms with Gasteiger partial charge in [-0.05, 0) is 57.7 Å². The van der Waals surface area contributed by atoms with E-state index in [-0.39, 0.29) is 5.54 Å². The fourth-order valence-corrected chi connectivity index (χ4v) is 3.99. The Balaban J connectivity index is 2.73. The van der Waals surface area contributed by atoms with Crippen LogP contribution in [0.5, 0.6) is 0 Å². The first-order valence-electron chi connectivity index (χ1n) is 8.39. The summed E-state index contributed by atoms with van der Waals surface area (Å²) in [6, 6.07) is 0. The highest BCUT2D eigenvalue weighted by molar-refractivity contribution is 4.93. The maximum absolute atomic E-state index is 6.25. The van der Waals surface area contributed by atoms with E-state index in [2.05, 4.69) is 51.6 Å². The van der Waals surface area contributed by atoms with Crippen LogP contribution < -0.4 is 5.73 Å². The number of rotatable bonds is 8. The van der Waals surface area contributed by atoms with Gasteiger partial charge in [0, 0.05) is 25.2 Å². The van der Waals surface area contributed by atoms with Gasteiger partial charge in [0.2, 0.25) is 0 Å². The summed E-state index contributed by atoms with van der Waals surface area (Å²) >= 11 is 0. The van der Waals surface area contributed by atoms with Gasteiger partial charge < -0.3 is 10.6 Å². The van der Waals surface area contributed by atoms with Crippen LogP contribution in [0.1, 0.15) is 47.0 Å². The van der Waals surface area contributed by atoms with Crippen LogP contribution in [-0.2, 0) is 0 Å². The molecule has 0 amide bonds. The number of likely N-dealkylation sites (N-methyl/N-ethyl adjacent to an activating group) is 1. The summed E-state index contributed by atoms with van der Waals surface area (Å²) < 4.78 is 0. The second-order valence-corrected chi connectivity index (χ2v) is 7.92. The topological polar surface area (TPSA) is 32.5 Å². The normalized spacial score (nSPS) is 21.6. The quantitative estimate of drug-likeness (QED) is 0.743. The SMILES string of the molecule is CC(C)CC(CN)(CC(C)C)N(C)CC1CCN(C)C1. The van der Waals surface area contributed by atoms with Crippen LogP contribution in [-0.4, -0.2) is 55.6 Å². The summed E-state index contributed by atoms with van der Waals surface area (Å²) in [5.41, 5.74) is 6.44. The molecule has 2 N–H and O–H groups in total. The van der Waals surface area contributed by atoms with Crippen molar-refractivity contribution in [2.75, 3.05) is 40.3 Å². The van der Waals surface area contributed by atoms with Gasteiger partial charge in [0.15, 0.2) is 0 Å². The summed E-state index contributed by atoms with van der Waals surface area (Å²) in [5, 5.41) is 0. The lowest BCUT2D eigenvalue weighted by Gasteiger charge is -2.45. The lowest BCUT2D eigenvalue weighted by molar-refractivity contribution is 0.0646. The minimum absolute atomic E-state index is 0.184. The largest absolute Gasteiger partial charge is 0.329 e. The summed E-state index contributed by atoms with van der Waals surface area (Å²) in [7, 11) is 4.54. The van der Waals surface area contributed by atoms with Gasteiger partial charge in [0.1, 0.15) is 0 Å². The minimum atomic E-state index is 0.184. The number of nitrogens with zero attached hydrogens (tertiary/aromatic N) is 2. The van der Waals surface area contributed by atoms with E-state index in [4.69, 9.17) is 5.73 Å². The Morgan fingerprint density at radius 1 is 1.20 bits per heavy atom. The van der Waals surface area contributed by atoms with Gasteiger partial charge in [0.05, 0.1) is 0 Å². The number of hydrogen-bond acceptors (Lipinski definition) is 3. The molecule has 1 atom stereocenters. The first-order chi connectivity index (χ1) is 9.29. The molecule has 3 nitrogen and oxygen atoms in total. The Morgan fingerprint density at radius 3 is 2.10 bits per heavy atom. The minimum Gasteiger partial charge on any atom is -0.329 e. The summed E-state index contributed by atoms with van der Waals surface area (Å²) in [6.07, 6.45) is 3.76. The van der Waals surface area contributed by atoms with Crippen LogP contribution >= 0.6 is 0 Å². The summed E-state index contributed by atoms with van der Waals surface area (Å²) in [4.78, 5) is 5.05. The molecule has 1 fully saturated rings. The van der Waals surface area contributed by atoms with Crippen LogP contribution in [0.4, 0.5) is 0 Å². The van der Waals surface area contributed by atoms with E-state index < -0.39 is 0 Å². The van der Waals surface area contributed by atoms with Crippen molar-refractivity contribution in [3.05, 3.63) is 0 Å². The Labute approximate surface area is 126 Å². The van der Waals surface area contributed by atoms with E-state index >= 15 is 0 Å². The third-order valence-electron chi connectivity index (χ3n) is 4.79. The van der Waals surface area contributed by atoms with Crippen LogP contribution in [0.3, 0.4) is 0 Å². The lowest BCUT2D eigenvalue weighted by atomic mass is 9.80. The molecule has 1 unspecified atom stereocenters. The Bertz CT molecular complexity index is 265. The van der Waals surface area contributed by atoms with Crippen molar-refractivity contribution in [1.29, 1.82) is 0 Å². The van der Waals surface area contributed by atoms with Crippen LogP contribution in [0.15, 0.2) is 0 Å². The lowest BCUT2D eigenvalue weighted by Crippen LogP contribution is -2.55. The Hall–Kier alpha value is -0.120. The summed E-state index contributed by atoms with van der Waals surface area (Å²) in [5.74, 6) is 2.22.